The van der Waals surface area contributed by atoms with Crippen molar-refractivity contribution in [3.8, 4) is 0 Å². The normalized spacial score (nSPS) is 14.5. The van der Waals surface area contributed by atoms with E-state index in [2.05, 4.69) is 6.92 Å². The fourth-order valence-electron chi connectivity index (χ4n) is 3.82. The molecular weight excluding hydrogens is 481 g/mol. The SMILES string of the molecule is CCCCCCCCCCCCCCCCCCOC[C@H](COP(=O)(O)OCC[N+](C)(C)C)OC=O. The van der Waals surface area contributed by atoms with Crippen LogP contribution in [0, 0.1) is 0 Å². The third-order valence-corrected chi connectivity index (χ3v) is 7.12. The number of likely N-dealkylation sites (N-methyl/N-ethyl adjacent to an activating group) is 1. The predicted octanol–water partition coefficient (Wildman–Crippen LogP) is 6.65. The smallest absolute Gasteiger partial charge is 0.460 e. The molecule has 0 aromatic heterocycles. The quantitative estimate of drug-likeness (QED) is 0.0516. The lowest BCUT2D eigenvalue weighted by Crippen LogP contribution is -2.37. The minimum Gasteiger partial charge on any atom is -0.460 e. The molecule has 216 valence electrons. The van der Waals surface area contributed by atoms with Gasteiger partial charge in [0.25, 0.3) is 6.47 Å². The van der Waals surface area contributed by atoms with Crippen LogP contribution in [0.1, 0.15) is 110 Å². The Balaban J connectivity index is 3.60. The van der Waals surface area contributed by atoms with Gasteiger partial charge in [0.2, 0.25) is 0 Å². The summed E-state index contributed by atoms with van der Waals surface area (Å²) in [6.07, 6.45) is 20.3. The molecule has 0 saturated heterocycles. The Morgan fingerprint density at radius 2 is 1.19 bits per heavy atom. The third-order valence-electron chi connectivity index (χ3n) is 6.13. The van der Waals surface area contributed by atoms with E-state index in [0.717, 1.165) is 12.8 Å². The molecule has 0 radical (unpaired) electrons. The molecule has 1 N–H and O–H groups in total. The van der Waals surface area contributed by atoms with Crippen molar-refractivity contribution in [3.05, 3.63) is 0 Å². The molecule has 0 fully saturated rings. The van der Waals surface area contributed by atoms with Gasteiger partial charge in [-0.1, -0.05) is 103 Å². The van der Waals surface area contributed by atoms with Crippen molar-refractivity contribution in [1.29, 1.82) is 0 Å². The van der Waals surface area contributed by atoms with Gasteiger partial charge in [-0.15, -0.1) is 0 Å². The highest BCUT2D eigenvalue weighted by molar-refractivity contribution is 7.47. The van der Waals surface area contributed by atoms with Crippen molar-refractivity contribution in [2.45, 2.75) is 116 Å². The first-order valence-electron chi connectivity index (χ1n) is 14.3. The van der Waals surface area contributed by atoms with E-state index < -0.39 is 13.9 Å². The zero-order valence-electron chi connectivity index (χ0n) is 23.8. The number of carbonyl (C=O) groups is 1. The third kappa shape index (κ3) is 26.6. The van der Waals surface area contributed by atoms with Gasteiger partial charge in [0, 0.05) is 6.61 Å². The molecule has 2 atom stereocenters. The summed E-state index contributed by atoms with van der Waals surface area (Å²) in [4.78, 5) is 20.5. The van der Waals surface area contributed by atoms with E-state index in [1.54, 1.807) is 0 Å². The molecular formula is C27H57NO7P+. The van der Waals surface area contributed by atoms with Gasteiger partial charge in [-0.05, 0) is 6.42 Å². The van der Waals surface area contributed by atoms with Gasteiger partial charge >= 0.3 is 7.82 Å². The van der Waals surface area contributed by atoms with E-state index in [0.29, 0.717) is 24.1 Å². The maximum absolute atomic E-state index is 12.0. The largest absolute Gasteiger partial charge is 0.472 e. The van der Waals surface area contributed by atoms with Gasteiger partial charge in [0.1, 0.15) is 19.3 Å². The molecule has 8 nitrogen and oxygen atoms in total. The van der Waals surface area contributed by atoms with Crippen LogP contribution < -0.4 is 0 Å². The first kappa shape index (κ1) is 35.5. The van der Waals surface area contributed by atoms with Crippen LogP contribution in [0.2, 0.25) is 0 Å². The lowest BCUT2D eigenvalue weighted by Gasteiger charge is -2.24. The molecule has 0 spiro atoms. The zero-order valence-corrected chi connectivity index (χ0v) is 24.7. The topological polar surface area (TPSA) is 91.3 Å². The molecule has 0 rings (SSSR count). The van der Waals surface area contributed by atoms with Crippen molar-refractivity contribution < 1.29 is 37.3 Å². The van der Waals surface area contributed by atoms with E-state index in [-0.39, 0.29) is 19.8 Å². The van der Waals surface area contributed by atoms with Crippen molar-refractivity contribution in [3.63, 3.8) is 0 Å². The van der Waals surface area contributed by atoms with Gasteiger partial charge in [0.15, 0.2) is 0 Å². The van der Waals surface area contributed by atoms with Gasteiger partial charge < -0.3 is 18.9 Å². The van der Waals surface area contributed by atoms with Crippen molar-refractivity contribution in [2.24, 2.45) is 0 Å². The minimum atomic E-state index is -4.20. The van der Waals surface area contributed by atoms with Crippen molar-refractivity contribution in [2.75, 3.05) is 54.1 Å². The Bertz CT molecular complexity index is 543. The molecule has 0 saturated carbocycles. The van der Waals surface area contributed by atoms with Gasteiger partial charge in [-0.3, -0.25) is 13.8 Å². The lowest BCUT2D eigenvalue weighted by molar-refractivity contribution is -0.870. The Kier molecular flexibility index (Phi) is 23.3. The van der Waals surface area contributed by atoms with Crippen LogP contribution in [0.25, 0.3) is 0 Å². The van der Waals surface area contributed by atoms with E-state index in [1.165, 1.54) is 89.9 Å². The zero-order chi connectivity index (χ0) is 27.0. The molecule has 0 aromatic rings. The number of ether oxygens (including phenoxy) is 2. The maximum atomic E-state index is 12.0. The summed E-state index contributed by atoms with van der Waals surface area (Å²) < 4.78 is 33.0. The molecule has 0 aromatic carbocycles. The van der Waals surface area contributed by atoms with E-state index in [1.807, 2.05) is 21.1 Å². The lowest BCUT2D eigenvalue weighted by atomic mass is 10.0. The molecule has 0 aliphatic rings. The van der Waals surface area contributed by atoms with Crippen LogP contribution in [0.15, 0.2) is 0 Å². The highest BCUT2D eigenvalue weighted by atomic mass is 31.2. The van der Waals surface area contributed by atoms with Crippen LogP contribution in [0.3, 0.4) is 0 Å². The second-order valence-electron chi connectivity index (χ2n) is 10.8. The number of hydrogen-bond acceptors (Lipinski definition) is 6. The highest BCUT2D eigenvalue weighted by Gasteiger charge is 2.25. The van der Waals surface area contributed by atoms with Crippen LogP contribution >= 0.6 is 7.82 Å². The summed E-state index contributed by atoms with van der Waals surface area (Å²) in [6, 6.07) is 0. The number of unbranched alkanes of at least 4 members (excludes halogenated alkanes) is 15. The van der Waals surface area contributed by atoms with Gasteiger partial charge in [-0.25, -0.2) is 4.57 Å². The van der Waals surface area contributed by atoms with Crippen LogP contribution in [-0.4, -0.2) is 76.1 Å². The van der Waals surface area contributed by atoms with E-state index in [4.69, 9.17) is 18.5 Å². The average molecular weight is 539 g/mol. The Morgan fingerprint density at radius 1 is 0.722 bits per heavy atom. The second-order valence-corrected chi connectivity index (χ2v) is 12.3. The fourth-order valence-corrected chi connectivity index (χ4v) is 4.56. The standard InChI is InChI=1S/C27H56NO7P/c1-5-6-7-8-9-10-11-12-13-14-15-16-17-18-19-20-22-32-24-27(33-26-29)25-35-36(30,31)34-23-21-28(2,3)4/h26-27H,5-25H2,1-4H3/p+1/t27-/m1/s1. The summed E-state index contributed by atoms with van der Waals surface area (Å²) in [5.74, 6) is 0. The maximum Gasteiger partial charge on any atom is 0.472 e. The first-order valence-corrected chi connectivity index (χ1v) is 15.8. The number of rotatable bonds is 28. The minimum absolute atomic E-state index is 0.0895. The monoisotopic (exact) mass is 538 g/mol. The molecule has 1 unspecified atom stereocenters. The van der Waals surface area contributed by atoms with Gasteiger partial charge in [-0.2, -0.15) is 0 Å². The van der Waals surface area contributed by atoms with Crippen LogP contribution in [0.5, 0.6) is 0 Å². The summed E-state index contributed by atoms with van der Waals surface area (Å²) in [6.45, 7) is 3.65. The molecule has 36 heavy (non-hydrogen) atoms. The highest BCUT2D eigenvalue weighted by Crippen LogP contribution is 2.43. The fraction of sp³-hybridized carbons (Fsp3) is 0.963. The summed E-state index contributed by atoms with van der Waals surface area (Å²) in [7, 11) is 1.67. The van der Waals surface area contributed by atoms with E-state index in [9.17, 15) is 14.3 Å². The van der Waals surface area contributed by atoms with E-state index >= 15 is 0 Å². The molecule has 0 heterocycles. The number of hydrogen-bond donors (Lipinski definition) is 1. The summed E-state index contributed by atoms with van der Waals surface area (Å²) in [5.41, 5.74) is 0. The Labute approximate surface area is 221 Å². The Morgan fingerprint density at radius 3 is 1.64 bits per heavy atom. The molecule has 0 bridgehead atoms. The molecule has 0 amide bonds. The van der Waals surface area contributed by atoms with Gasteiger partial charge in [0.05, 0.1) is 34.4 Å². The number of carbonyl (C=O) groups excluding carboxylic acids is 1. The molecule has 0 aliphatic heterocycles. The first-order chi connectivity index (χ1) is 17.2. The predicted molar refractivity (Wildman–Crippen MR) is 146 cm³/mol. The van der Waals surface area contributed by atoms with Crippen LogP contribution in [-0.2, 0) is 27.9 Å². The number of phosphoric acid groups is 1. The molecule has 9 heteroatoms. The number of phosphoric ester groups is 1. The van der Waals surface area contributed by atoms with Crippen molar-refractivity contribution in [1.82, 2.24) is 0 Å². The van der Waals surface area contributed by atoms with Crippen molar-refractivity contribution >= 4 is 14.3 Å². The Hall–Kier alpha value is -0.500. The number of nitrogens with zero attached hydrogens (tertiary/aromatic N) is 1. The van der Waals surface area contributed by atoms with Crippen LogP contribution in [0.4, 0.5) is 0 Å². The second kappa shape index (κ2) is 23.6. The number of quaternary nitrogens is 1. The average Bonchev–Trinajstić information content (AvgIpc) is 2.80. The molecule has 0 aliphatic carbocycles. The summed E-state index contributed by atoms with van der Waals surface area (Å²) >= 11 is 0. The summed E-state index contributed by atoms with van der Waals surface area (Å²) in [5, 5.41) is 0.